The zero-order chi connectivity index (χ0) is 17.9. The topological polar surface area (TPSA) is 35.2 Å². The van der Waals surface area contributed by atoms with Crippen LogP contribution in [-0.2, 0) is 4.43 Å². The molecule has 0 aromatic heterocycles. The minimum absolute atomic E-state index is 0.0635. The van der Waals surface area contributed by atoms with E-state index in [-0.39, 0.29) is 5.04 Å². The molecule has 0 radical (unpaired) electrons. The van der Waals surface area contributed by atoms with Gasteiger partial charge in [0.1, 0.15) is 0 Å². The lowest BCUT2D eigenvalue weighted by atomic mass is 10.2. The highest BCUT2D eigenvalue weighted by Crippen LogP contribution is 2.43. The average molecular weight is 354 g/mol. The Hall–Kier alpha value is -1.42. The maximum Gasteiger partial charge on any atom is 0.261 e. The standard InChI is InChI=1S/C22H31NOSi/c1-22(2,3)25(20-10-6-4-7-11-20,21-12-8-5-9-13-21)24-17-19-16-18(19)14-15-23/h4-13,18-19H,14-17,23H2,1-3H3. The molecule has 0 aliphatic heterocycles. The van der Waals surface area contributed by atoms with Crippen LogP contribution in [0.1, 0.15) is 33.6 Å². The van der Waals surface area contributed by atoms with Gasteiger partial charge in [-0.2, -0.15) is 0 Å². The Balaban J connectivity index is 1.98. The van der Waals surface area contributed by atoms with Crippen molar-refractivity contribution in [2.24, 2.45) is 17.6 Å². The molecule has 3 rings (SSSR count). The van der Waals surface area contributed by atoms with Gasteiger partial charge in [0, 0.05) is 6.61 Å². The zero-order valence-electron chi connectivity index (χ0n) is 15.7. The molecule has 0 heterocycles. The highest BCUT2D eigenvalue weighted by atomic mass is 28.4. The monoisotopic (exact) mass is 353 g/mol. The summed E-state index contributed by atoms with van der Waals surface area (Å²) in [4.78, 5) is 0. The van der Waals surface area contributed by atoms with Crippen LogP contribution < -0.4 is 16.1 Å². The average Bonchev–Trinajstić information content (AvgIpc) is 3.35. The highest BCUT2D eigenvalue weighted by Gasteiger charge is 2.51. The van der Waals surface area contributed by atoms with Gasteiger partial charge in [-0.05, 0) is 46.6 Å². The fourth-order valence-corrected chi connectivity index (χ4v) is 8.70. The third-order valence-electron chi connectivity index (χ3n) is 5.54. The van der Waals surface area contributed by atoms with Crippen molar-refractivity contribution < 1.29 is 4.43 Å². The van der Waals surface area contributed by atoms with Crippen molar-refractivity contribution >= 4 is 18.7 Å². The summed E-state index contributed by atoms with van der Waals surface area (Å²) in [6, 6.07) is 21.8. The van der Waals surface area contributed by atoms with Gasteiger partial charge >= 0.3 is 0 Å². The quantitative estimate of drug-likeness (QED) is 0.773. The number of nitrogens with two attached hydrogens (primary N) is 1. The van der Waals surface area contributed by atoms with E-state index in [4.69, 9.17) is 10.2 Å². The second kappa shape index (κ2) is 7.44. The van der Waals surface area contributed by atoms with Gasteiger partial charge < -0.3 is 10.2 Å². The normalized spacial score (nSPS) is 20.5. The lowest BCUT2D eigenvalue weighted by molar-refractivity contribution is 0.273. The van der Waals surface area contributed by atoms with Gasteiger partial charge in [-0.1, -0.05) is 81.4 Å². The summed E-state index contributed by atoms with van der Waals surface area (Å²) in [5.41, 5.74) is 5.73. The minimum atomic E-state index is -2.36. The number of hydrogen-bond donors (Lipinski definition) is 1. The summed E-state index contributed by atoms with van der Waals surface area (Å²) in [5.74, 6) is 1.45. The third kappa shape index (κ3) is 3.74. The Morgan fingerprint density at radius 3 is 1.88 bits per heavy atom. The summed E-state index contributed by atoms with van der Waals surface area (Å²) < 4.78 is 6.96. The summed E-state index contributed by atoms with van der Waals surface area (Å²) in [6.45, 7) is 8.66. The van der Waals surface area contributed by atoms with Crippen molar-refractivity contribution in [2.45, 2.75) is 38.7 Å². The summed E-state index contributed by atoms with van der Waals surface area (Å²) in [6.07, 6.45) is 2.41. The van der Waals surface area contributed by atoms with E-state index < -0.39 is 8.32 Å². The molecule has 2 unspecified atom stereocenters. The second-order valence-electron chi connectivity index (χ2n) is 8.31. The first-order valence-electron chi connectivity index (χ1n) is 9.44. The van der Waals surface area contributed by atoms with Crippen LogP contribution in [0.4, 0.5) is 0 Å². The fraction of sp³-hybridized carbons (Fsp3) is 0.455. The molecule has 2 aromatic carbocycles. The van der Waals surface area contributed by atoms with Crippen LogP contribution in [-0.4, -0.2) is 21.5 Å². The van der Waals surface area contributed by atoms with Crippen LogP contribution in [0.15, 0.2) is 60.7 Å². The zero-order valence-corrected chi connectivity index (χ0v) is 16.7. The molecule has 0 bridgehead atoms. The van der Waals surface area contributed by atoms with E-state index in [1.54, 1.807) is 0 Å². The van der Waals surface area contributed by atoms with Crippen LogP contribution in [0.5, 0.6) is 0 Å². The first-order chi connectivity index (χ1) is 12.0. The van der Waals surface area contributed by atoms with Crippen molar-refractivity contribution in [3.63, 3.8) is 0 Å². The van der Waals surface area contributed by atoms with Gasteiger partial charge in [-0.3, -0.25) is 0 Å². The summed E-state index contributed by atoms with van der Waals surface area (Å²) in [5, 5.41) is 2.79. The van der Waals surface area contributed by atoms with Crippen LogP contribution in [0.3, 0.4) is 0 Å². The van der Waals surface area contributed by atoms with Crippen LogP contribution in [0.25, 0.3) is 0 Å². The van der Waals surface area contributed by atoms with Gasteiger partial charge in [-0.15, -0.1) is 0 Å². The number of rotatable bonds is 7. The molecule has 2 aromatic rings. The molecule has 1 aliphatic rings. The van der Waals surface area contributed by atoms with Crippen molar-refractivity contribution in [3.8, 4) is 0 Å². The first-order valence-corrected chi connectivity index (χ1v) is 11.3. The van der Waals surface area contributed by atoms with Crippen molar-refractivity contribution in [3.05, 3.63) is 60.7 Å². The molecule has 0 spiro atoms. The summed E-state index contributed by atoms with van der Waals surface area (Å²) >= 11 is 0. The number of benzene rings is 2. The Morgan fingerprint density at radius 2 is 1.44 bits per heavy atom. The Bertz CT molecular complexity index is 626. The Morgan fingerprint density at radius 1 is 0.920 bits per heavy atom. The molecule has 2 nitrogen and oxygen atoms in total. The fourth-order valence-electron chi connectivity index (χ4n) is 4.08. The van der Waals surface area contributed by atoms with Gasteiger partial charge in [0.2, 0.25) is 0 Å². The molecule has 0 saturated heterocycles. The predicted molar refractivity (Wildman–Crippen MR) is 109 cm³/mol. The van der Waals surface area contributed by atoms with E-state index in [0.717, 1.165) is 25.5 Å². The van der Waals surface area contributed by atoms with E-state index in [1.165, 1.54) is 16.8 Å². The highest BCUT2D eigenvalue weighted by molar-refractivity contribution is 6.99. The molecular weight excluding hydrogens is 322 g/mol. The molecule has 3 heteroatoms. The van der Waals surface area contributed by atoms with Crippen molar-refractivity contribution in [1.29, 1.82) is 0 Å². The molecule has 1 aliphatic carbocycles. The van der Waals surface area contributed by atoms with Crippen molar-refractivity contribution in [2.75, 3.05) is 13.2 Å². The lowest BCUT2D eigenvalue weighted by Gasteiger charge is -2.43. The van der Waals surface area contributed by atoms with E-state index in [1.807, 2.05) is 0 Å². The molecule has 134 valence electrons. The van der Waals surface area contributed by atoms with Gasteiger partial charge in [-0.25, -0.2) is 0 Å². The Labute approximate surface area is 153 Å². The van der Waals surface area contributed by atoms with Gasteiger partial charge in [0.05, 0.1) is 0 Å². The smallest absolute Gasteiger partial charge is 0.261 e. The molecular formula is C22H31NOSi. The van der Waals surface area contributed by atoms with Crippen molar-refractivity contribution in [1.82, 2.24) is 0 Å². The minimum Gasteiger partial charge on any atom is -0.407 e. The Kier molecular flexibility index (Phi) is 5.47. The molecule has 25 heavy (non-hydrogen) atoms. The SMILES string of the molecule is CC(C)(C)[Si](OCC1CC1CCN)(c1ccccc1)c1ccccc1. The predicted octanol–water partition coefficient (Wildman–Crippen LogP) is 3.55. The summed E-state index contributed by atoms with van der Waals surface area (Å²) in [7, 11) is -2.36. The van der Waals surface area contributed by atoms with Crippen LogP contribution in [0, 0.1) is 11.8 Å². The number of hydrogen-bond acceptors (Lipinski definition) is 2. The molecule has 0 amide bonds. The first kappa shape index (κ1) is 18.4. The van der Waals surface area contributed by atoms with E-state index >= 15 is 0 Å². The second-order valence-corrected chi connectivity index (χ2v) is 12.6. The van der Waals surface area contributed by atoms with Gasteiger partial charge in [0.25, 0.3) is 8.32 Å². The van der Waals surface area contributed by atoms with E-state index in [2.05, 4.69) is 81.4 Å². The molecule has 1 fully saturated rings. The maximum atomic E-state index is 6.96. The molecule has 2 atom stereocenters. The van der Waals surface area contributed by atoms with E-state index in [9.17, 15) is 0 Å². The van der Waals surface area contributed by atoms with Crippen LogP contribution in [0.2, 0.25) is 5.04 Å². The third-order valence-corrected chi connectivity index (χ3v) is 10.5. The molecule has 1 saturated carbocycles. The lowest BCUT2D eigenvalue weighted by Crippen LogP contribution is -2.66. The largest absolute Gasteiger partial charge is 0.407 e. The van der Waals surface area contributed by atoms with Gasteiger partial charge in [0.15, 0.2) is 0 Å². The van der Waals surface area contributed by atoms with Crippen LogP contribution >= 0.6 is 0 Å². The van der Waals surface area contributed by atoms with E-state index in [0.29, 0.717) is 5.92 Å². The maximum absolute atomic E-state index is 6.96. The molecule has 2 N–H and O–H groups in total.